The van der Waals surface area contributed by atoms with Gasteiger partial charge in [-0.15, -0.1) is 0 Å². The van der Waals surface area contributed by atoms with Crippen molar-refractivity contribution >= 4 is 5.91 Å². The first-order valence-corrected chi connectivity index (χ1v) is 5.56. The van der Waals surface area contributed by atoms with Crippen molar-refractivity contribution in [3.8, 4) is 0 Å². The Morgan fingerprint density at radius 2 is 2.56 bits per heavy atom. The molecule has 2 heterocycles. The number of aryl methyl sites for hydroxylation is 1. The standard InChI is InChI=1S/C11H17N3O2/c1-7-9(6-13-14-7)5-12-11(15)10-3-4-16-8(10)2/h6,8,10H,3-5H2,1-2H3,(H,12,15)(H,13,14). The summed E-state index contributed by atoms with van der Waals surface area (Å²) in [5, 5.41) is 9.68. The van der Waals surface area contributed by atoms with Crippen LogP contribution in [0.5, 0.6) is 0 Å². The van der Waals surface area contributed by atoms with Gasteiger partial charge in [-0.3, -0.25) is 9.89 Å². The second-order valence-corrected chi connectivity index (χ2v) is 4.21. The van der Waals surface area contributed by atoms with Crippen molar-refractivity contribution in [3.05, 3.63) is 17.5 Å². The zero-order chi connectivity index (χ0) is 11.5. The molecular weight excluding hydrogens is 206 g/mol. The third-order valence-electron chi connectivity index (χ3n) is 3.10. The fourth-order valence-corrected chi connectivity index (χ4v) is 1.94. The summed E-state index contributed by atoms with van der Waals surface area (Å²) in [7, 11) is 0. The lowest BCUT2D eigenvalue weighted by molar-refractivity contribution is -0.126. The van der Waals surface area contributed by atoms with Crippen LogP contribution in [0.15, 0.2) is 6.20 Å². The number of aromatic nitrogens is 2. The Morgan fingerprint density at radius 3 is 3.12 bits per heavy atom. The van der Waals surface area contributed by atoms with E-state index in [9.17, 15) is 4.79 Å². The van der Waals surface area contributed by atoms with Crippen molar-refractivity contribution in [1.29, 1.82) is 0 Å². The predicted molar refractivity (Wildman–Crippen MR) is 58.7 cm³/mol. The first-order valence-electron chi connectivity index (χ1n) is 5.56. The Morgan fingerprint density at radius 1 is 1.75 bits per heavy atom. The third kappa shape index (κ3) is 2.24. The number of nitrogens with one attached hydrogen (secondary N) is 2. The molecule has 0 aromatic carbocycles. The fourth-order valence-electron chi connectivity index (χ4n) is 1.94. The SMILES string of the molecule is Cc1[nH]ncc1CNC(=O)C1CCOC1C. The minimum Gasteiger partial charge on any atom is -0.378 e. The monoisotopic (exact) mass is 223 g/mol. The summed E-state index contributed by atoms with van der Waals surface area (Å²) in [6, 6.07) is 0. The van der Waals surface area contributed by atoms with Gasteiger partial charge >= 0.3 is 0 Å². The maximum Gasteiger partial charge on any atom is 0.226 e. The van der Waals surface area contributed by atoms with Gasteiger partial charge in [-0.25, -0.2) is 0 Å². The molecule has 0 radical (unpaired) electrons. The normalized spacial score (nSPS) is 24.6. The number of carbonyl (C=O) groups is 1. The van der Waals surface area contributed by atoms with Gasteiger partial charge in [0.25, 0.3) is 0 Å². The lowest BCUT2D eigenvalue weighted by Crippen LogP contribution is -2.33. The summed E-state index contributed by atoms with van der Waals surface area (Å²) in [5.74, 6) is 0.0674. The van der Waals surface area contributed by atoms with Crippen LogP contribution in [0.4, 0.5) is 0 Å². The van der Waals surface area contributed by atoms with Crippen molar-refractivity contribution in [2.45, 2.75) is 32.9 Å². The third-order valence-corrected chi connectivity index (χ3v) is 3.10. The van der Waals surface area contributed by atoms with Gasteiger partial charge in [0, 0.05) is 24.4 Å². The number of amides is 1. The van der Waals surface area contributed by atoms with Gasteiger partial charge in [0.2, 0.25) is 5.91 Å². The molecule has 2 rings (SSSR count). The van der Waals surface area contributed by atoms with Crippen molar-refractivity contribution in [2.24, 2.45) is 5.92 Å². The van der Waals surface area contributed by atoms with Gasteiger partial charge in [-0.2, -0.15) is 5.10 Å². The molecule has 2 unspecified atom stereocenters. The van der Waals surface area contributed by atoms with E-state index in [1.807, 2.05) is 13.8 Å². The molecule has 1 aromatic rings. The number of ether oxygens (including phenoxy) is 1. The molecule has 2 atom stereocenters. The summed E-state index contributed by atoms with van der Waals surface area (Å²) < 4.78 is 5.37. The molecular formula is C11H17N3O2. The lowest BCUT2D eigenvalue weighted by Gasteiger charge is -2.13. The first kappa shape index (κ1) is 11.1. The summed E-state index contributed by atoms with van der Waals surface area (Å²) in [5.41, 5.74) is 2.02. The zero-order valence-electron chi connectivity index (χ0n) is 9.62. The zero-order valence-corrected chi connectivity index (χ0v) is 9.62. The Kier molecular flexibility index (Phi) is 3.24. The molecule has 2 N–H and O–H groups in total. The minimum atomic E-state index is -0.00722. The summed E-state index contributed by atoms with van der Waals surface area (Å²) in [6.45, 7) is 5.10. The quantitative estimate of drug-likeness (QED) is 0.795. The van der Waals surface area contributed by atoms with Crippen LogP contribution in [-0.4, -0.2) is 28.8 Å². The number of nitrogens with zero attached hydrogens (tertiary/aromatic N) is 1. The highest BCUT2D eigenvalue weighted by Crippen LogP contribution is 2.20. The number of H-pyrrole nitrogens is 1. The first-order chi connectivity index (χ1) is 7.68. The van der Waals surface area contributed by atoms with Gasteiger partial charge in [-0.05, 0) is 20.3 Å². The number of hydrogen-bond donors (Lipinski definition) is 2. The number of hydrogen-bond acceptors (Lipinski definition) is 3. The van der Waals surface area contributed by atoms with E-state index in [1.165, 1.54) is 0 Å². The maximum atomic E-state index is 11.8. The van der Waals surface area contributed by atoms with Crippen LogP contribution in [0.2, 0.25) is 0 Å². The molecule has 0 spiro atoms. The Balaban J connectivity index is 1.86. The van der Waals surface area contributed by atoms with Gasteiger partial charge in [0.15, 0.2) is 0 Å². The number of carbonyl (C=O) groups excluding carboxylic acids is 1. The number of aromatic amines is 1. The molecule has 88 valence electrons. The van der Waals surface area contributed by atoms with Crippen molar-refractivity contribution in [3.63, 3.8) is 0 Å². The highest BCUT2D eigenvalue weighted by molar-refractivity contribution is 5.79. The van der Waals surface area contributed by atoms with E-state index in [1.54, 1.807) is 6.20 Å². The highest BCUT2D eigenvalue weighted by Gasteiger charge is 2.30. The van der Waals surface area contributed by atoms with Crippen molar-refractivity contribution in [1.82, 2.24) is 15.5 Å². The molecule has 5 nitrogen and oxygen atoms in total. The largest absolute Gasteiger partial charge is 0.378 e. The van der Waals surface area contributed by atoms with Gasteiger partial charge in [0.05, 0.1) is 18.2 Å². The van der Waals surface area contributed by atoms with E-state index in [-0.39, 0.29) is 17.9 Å². The van der Waals surface area contributed by atoms with Crippen LogP contribution in [0.1, 0.15) is 24.6 Å². The van der Waals surface area contributed by atoms with Crippen LogP contribution in [0.25, 0.3) is 0 Å². The van der Waals surface area contributed by atoms with E-state index < -0.39 is 0 Å². The molecule has 1 aromatic heterocycles. The number of rotatable bonds is 3. The lowest BCUT2D eigenvalue weighted by atomic mass is 10.0. The van der Waals surface area contributed by atoms with Crippen LogP contribution >= 0.6 is 0 Å². The molecule has 16 heavy (non-hydrogen) atoms. The average molecular weight is 223 g/mol. The molecule has 1 aliphatic rings. The van der Waals surface area contributed by atoms with Gasteiger partial charge in [0.1, 0.15) is 0 Å². The Labute approximate surface area is 94.6 Å². The van der Waals surface area contributed by atoms with Crippen LogP contribution in [-0.2, 0) is 16.1 Å². The molecule has 5 heteroatoms. The van der Waals surface area contributed by atoms with E-state index in [4.69, 9.17) is 4.74 Å². The van der Waals surface area contributed by atoms with Gasteiger partial charge in [-0.1, -0.05) is 0 Å². The molecule has 0 aliphatic carbocycles. The minimum absolute atomic E-state index is 0.00722. The Bertz CT molecular complexity index is 375. The molecule has 0 saturated carbocycles. The topological polar surface area (TPSA) is 67.0 Å². The summed E-state index contributed by atoms with van der Waals surface area (Å²) in [4.78, 5) is 11.8. The van der Waals surface area contributed by atoms with E-state index >= 15 is 0 Å². The molecule has 1 amide bonds. The summed E-state index contributed by atoms with van der Waals surface area (Å²) >= 11 is 0. The molecule has 0 bridgehead atoms. The van der Waals surface area contributed by atoms with E-state index in [0.29, 0.717) is 13.2 Å². The van der Waals surface area contributed by atoms with Gasteiger partial charge < -0.3 is 10.1 Å². The van der Waals surface area contributed by atoms with Crippen LogP contribution in [0.3, 0.4) is 0 Å². The smallest absolute Gasteiger partial charge is 0.226 e. The molecule has 1 aliphatic heterocycles. The van der Waals surface area contributed by atoms with E-state index in [2.05, 4.69) is 15.5 Å². The second-order valence-electron chi connectivity index (χ2n) is 4.21. The van der Waals surface area contributed by atoms with Crippen molar-refractivity contribution < 1.29 is 9.53 Å². The predicted octanol–water partition coefficient (Wildman–Crippen LogP) is 0.759. The summed E-state index contributed by atoms with van der Waals surface area (Å²) in [6.07, 6.45) is 2.59. The molecule has 1 fully saturated rings. The second kappa shape index (κ2) is 4.65. The van der Waals surface area contributed by atoms with Crippen LogP contribution in [0, 0.1) is 12.8 Å². The van der Waals surface area contributed by atoms with Crippen molar-refractivity contribution in [2.75, 3.05) is 6.61 Å². The Hall–Kier alpha value is -1.36. The molecule has 1 saturated heterocycles. The highest BCUT2D eigenvalue weighted by atomic mass is 16.5. The van der Waals surface area contributed by atoms with Crippen LogP contribution < -0.4 is 5.32 Å². The van der Waals surface area contributed by atoms with E-state index in [0.717, 1.165) is 17.7 Å². The maximum absolute atomic E-state index is 11.8. The average Bonchev–Trinajstić information content (AvgIpc) is 2.84. The fraction of sp³-hybridized carbons (Fsp3) is 0.636.